The number of thioether (sulfide) groups is 2. The average Bonchev–Trinajstić information content (AvgIpc) is 2.99. The summed E-state index contributed by atoms with van der Waals surface area (Å²) in [5.41, 5.74) is 0. The SMILES string of the molecule is OCCSCCCCCCCCOc1c2ccccc2c(OCCCCCCCCSCCO)c2ccccc12. The normalized spacial score (nSPS) is 11.4. The number of aliphatic hydroxyl groups is 2. The third-order valence-electron chi connectivity index (χ3n) is 7.16. The van der Waals surface area contributed by atoms with E-state index >= 15 is 0 Å². The van der Waals surface area contributed by atoms with Crippen molar-refractivity contribution in [3.05, 3.63) is 48.5 Å². The van der Waals surface area contributed by atoms with Crippen LogP contribution in [-0.2, 0) is 0 Å². The van der Waals surface area contributed by atoms with Crippen LogP contribution in [0.4, 0.5) is 0 Å². The standard InChI is InChI=1S/C34H50O4S2/c35-21-27-39-25-15-7-3-1-5-13-23-37-33-29-17-9-11-19-31(29)34(32-20-12-10-18-30(32)33)38-24-14-6-2-4-8-16-26-40-28-22-36/h9-12,17-20,35-36H,1-8,13-16,21-28H2. The van der Waals surface area contributed by atoms with Gasteiger partial charge in [-0.05, 0) is 37.2 Å². The maximum Gasteiger partial charge on any atom is 0.135 e. The summed E-state index contributed by atoms with van der Waals surface area (Å²) in [6, 6.07) is 17.0. The molecule has 0 bridgehead atoms. The Morgan fingerprint density at radius 1 is 0.425 bits per heavy atom. The minimum Gasteiger partial charge on any atom is -0.492 e. The second kappa shape index (κ2) is 21.2. The number of aliphatic hydroxyl groups excluding tert-OH is 2. The Morgan fingerprint density at radius 2 is 0.750 bits per heavy atom. The molecule has 3 rings (SSSR count). The van der Waals surface area contributed by atoms with E-state index in [1.807, 2.05) is 23.5 Å². The third-order valence-corrected chi connectivity index (χ3v) is 9.26. The van der Waals surface area contributed by atoms with E-state index in [4.69, 9.17) is 19.7 Å². The molecule has 0 aliphatic carbocycles. The van der Waals surface area contributed by atoms with Crippen molar-refractivity contribution in [3.63, 3.8) is 0 Å². The van der Waals surface area contributed by atoms with E-state index in [9.17, 15) is 0 Å². The number of fused-ring (bicyclic) bond motifs is 2. The predicted octanol–water partition coefficient (Wildman–Crippen LogP) is 8.88. The van der Waals surface area contributed by atoms with E-state index in [2.05, 4.69) is 48.5 Å². The van der Waals surface area contributed by atoms with Gasteiger partial charge in [-0.1, -0.05) is 99.9 Å². The fraction of sp³-hybridized carbons (Fsp3) is 0.588. The van der Waals surface area contributed by atoms with Crippen LogP contribution in [0.1, 0.15) is 77.0 Å². The minimum absolute atomic E-state index is 0.291. The van der Waals surface area contributed by atoms with Gasteiger partial charge in [-0.3, -0.25) is 0 Å². The zero-order chi connectivity index (χ0) is 28.1. The summed E-state index contributed by atoms with van der Waals surface area (Å²) in [4.78, 5) is 0. The molecule has 0 heterocycles. The van der Waals surface area contributed by atoms with Gasteiger partial charge in [-0.25, -0.2) is 0 Å². The average molecular weight is 587 g/mol. The lowest BCUT2D eigenvalue weighted by Gasteiger charge is -2.18. The fourth-order valence-corrected chi connectivity index (χ4v) is 6.55. The number of hydrogen-bond acceptors (Lipinski definition) is 6. The lowest BCUT2D eigenvalue weighted by molar-refractivity contribution is 0.306. The van der Waals surface area contributed by atoms with Gasteiger partial charge >= 0.3 is 0 Å². The predicted molar refractivity (Wildman–Crippen MR) is 177 cm³/mol. The molecule has 3 aromatic carbocycles. The summed E-state index contributed by atoms with van der Waals surface area (Å²) >= 11 is 3.70. The molecule has 0 spiro atoms. The van der Waals surface area contributed by atoms with Crippen molar-refractivity contribution < 1.29 is 19.7 Å². The van der Waals surface area contributed by atoms with Gasteiger partial charge in [-0.15, -0.1) is 0 Å². The Labute approximate surface area is 250 Å². The Morgan fingerprint density at radius 3 is 1.10 bits per heavy atom. The van der Waals surface area contributed by atoms with Crippen LogP contribution in [0.25, 0.3) is 21.5 Å². The highest BCUT2D eigenvalue weighted by atomic mass is 32.2. The maximum absolute atomic E-state index is 8.86. The van der Waals surface area contributed by atoms with Gasteiger partial charge in [0.05, 0.1) is 26.4 Å². The molecule has 0 saturated carbocycles. The minimum atomic E-state index is 0.291. The molecule has 0 unspecified atom stereocenters. The van der Waals surface area contributed by atoms with Gasteiger partial charge in [0.1, 0.15) is 11.5 Å². The van der Waals surface area contributed by atoms with E-state index in [-0.39, 0.29) is 0 Å². The molecule has 40 heavy (non-hydrogen) atoms. The second-order valence-corrected chi connectivity index (χ2v) is 12.8. The second-order valence-electron chi connectivity index (χ2n) is 10.4. The summed E-state index contributed by atoms with van der Waals surface area (Å²) in [7, 11) is 0. The van der Waals surface area contributed by atoms with Crippen LogP contribution in [0, 0.1) is 0 Å². The number of unbranched alkanes of at least 4 members (excludes halogenated alkanes) is 10. The zero-order valence-electron chi connectivity index (χ0n) is 24.3. The molecule has 6 heteroatoms. The molecule has 0 saturated heterocycles. The van der Waals surface area contributed by atoms with Crippen LogP contribution in [0.15, 0.2) is 48.5 Å². The molecule has 0 amide bonds. The van der Waals surface area contributed by atoms with Crippen LogP contribution >= 0.6 is 23.5 Å². The van der Waals surface area contributed by atoms with Crippen LogP contribution in [-0.4, -0.2) is 59.7 Å². The molecular formula is C34H50O4S2. The number of rotatable bonds is 24. The smallest absolute Gasteiger partial charge is 0.135 e. The van der Waals surface area contributed by atoms with Gasteiger partial charge in [-0.2, -0.15) is 23.5 Å². The molecule has 0 fully saturated rings. The van der Waals surface area contributed by atoms with Crippen LogP contribution in [0.3, 0.4) is 0 Å². The maximum atomic E-state index is 8.86. The summed E-state index contributed by atoms with van der Waals surface area (Å²) in [5, 5.41) is 22.2. The first-order chi connectivity index (χ1) is 19.9. The topological polar surface area (TPSA) is 58.9 Å². The lowest BCUT2D eigenvalue weighted by atomic mass is 10.0. The van der Waals surface area contributed by atoms with E-state index in [0.29, 0.717) is 13.2 Å². The first-order valence-corrected chi connectivity index (χ1v) is 17.7. The molecule has 3 aromatic rings. The number of ether oxygens (including phenoxy) is 2. The summed E-state index contributed by atoms with van der Waals surface area (Å²) in [6.45, 7) is 2.06. The molecular weight excluding hydrogens is 537 g/mol. The molecule has 4 nitrogen and oxygen atoms in total. The molecule has 0 aliphatic rings. The first-order valence-electron chi connectivity index (χ1n) is 15.4. The van der Waals surface area contributed by atoms with E-state index in [0.717, 1.165) is 82.1 Å². The largest absolute Gasteiger partial charge is 0.492 e. The van der Waals surface area contributed by atoms with Crippen LogP contribution < -0.4 is 9.47 Å². The number of benzene rings is 3. The van der Waals surface area contributed by atoms with Gasteiger partial charge in [0, 0.05) is 33.1 Å². The van der Waals surface area contributed by atoms with Crippen molar-refractivity contribution in [1.82, 2.24) is 0 Å². The van der Waals surface area contributed by atoms with E-state index in [1.54, 1.807) is 0 Å². The van der Waals surface area contributed by atoms with Gasteiger partial charge < -0.3 is 19.7 Å². The molecule has 0 aliphatic heterocycles. The van der Waals surface area contributed by atoms with Crippen molar-refractivity contribution in [1.29, 1.82) is 0 Å². The Kier molecular flexibility index (Phi) is 17.4. The van der Waals surface area contributed by atoms with Crippen molar-refractivity contribution in [2.45, 2.75) is 77.0 Å². The van der Waals surface area contributed by atoms with Crippen molar-refractivity contribution in [3.8, 4) is 11.5 Å². The third kappa shape index (κ3) is 11.7. The monoisotopic (exact) mass is 586 g/mol. The molecule has 0 aromatic heterocycles. The first kappa shape index (κ1) is 32.9. The lowest BCUT2D eigenvalue weighted by Crippen LogP contribution is -2.02. The Hall–Kier alpha value is -1.60. The van der Waals surface area contributed by atoms with Crippen LogP contribution in [0.5, 0.6) is 11.5 Å². The molecule has 2 N–H and O–H groups in total. The summed E-state index contributed by atoms with van der Waals surface area (Å²) in [5.74, 6) is 6.02. The van der Waals surface area contributed by atoms with Gasteiger partial charge in [0.15, 0.2) is 0 Å². The molecule has 0 atom stereocenters. The van der Waals surface area contributed by atoms with Crippen molar-refractivity contribution in [2.75, 3.05) is 49.4 Å². The van der Waals surface area contributed by atoms with Crippen molar-refractivity contribution in [2.24, 2.45) is 0 Å². The molecule has 222 valence electrons. The highest BCUT2D eigenvalue weighted by Crippen LogP contribution is 2.42. The van der Waals surface area contributed by atoms with E-state index in [1.165, 1.54) is 64.2 Å². The molecule has 0 radical (unpaired) electrons. The highest BCUT2D eigenvalue weighted by molar-refractivity contribution is 7.99. The Balaban J connectivity index is 1.47. The highest BCUT2D eigenvalue weighted by Gasteiger charge is 2.15. The van der Waals surface area contributed by atoms with Crippen LogP contribution in [0.2, 0.25) is 0 Å². The Bertz CT molecular complexity index is 933. The zero-order valence-corrected chi connectivity index (χ0v) is 25.9. The summed E-state index contributed by atoms with van der Waals surface area (Å²) < 4.78 is 12.9. The van der Waals surface area contributed by atoms with E-state index < -0.39 is 0 Å². The van der Waals surface area contributed by atoms with Gasteiger partial charge in [0.25, 0.3) is 0 Å². The van der Waals surface area contributed by atoms with Crippen molar-refractivity contribution >= 4 is 45.1 Å². The summed E-state index contributed by atoms with van der Waals surface area (Å²) in [6.07, 6.45) is 14.7. The van der Waals surface area contributed by atoms with Gasteiger partial charge in [0.2, 0.25) is 0 Å². The quantitative estimate of drug-likeness (QED) is 0.0807. The number of hydrogen-bond donors (Lipinski definition) is 2. The fourth-order valence-electron chi connectivity index (χ4n) is 5.07.